The first-order chi connectivity index (χ1) is 8.32. The molecular weight excluding hydrogens is 349 g/mol. The number of amides is 1. The number of benzene rings is 1. The summed E-state index contributed by atoms with van der Waals surface area (Å²) in [6.45, 7) is 1.67. The van der Waals surface area contributed by atoms with Crippen molar-refractivity contribution in [2.24, 2.45) is 5.92 Å². The van der Waals surface area contributed by atoms with Gasteiger partial charge in [0.05, 0.1) is 9.49 Å². The predicted molar refractivity (Wildman–Crippen MR) is 74.6 cm³/mol. The minimum absolute atomic E-state index is 0.0427. The molecule has 18 heavy (non-hydrogen) atoms. The topological polar surface area (TPSA) is 77.8 Å². The van der Waals surface area contributed by atoms with Crippen LogP contribution in [0.5, 0.6) is 5.75 Å². The van der Waals surface area contributed by atoms with Gasteiger partial charge < -0.3 is 15.1 Å². The molecule has 6 heteroatoms. The minimum Gasteiger partial charge on any atom is -0.507 e. The molecule has 2 N–H and O–H groups in total. The highest BCUT2D eigenvalue weighted by Gasteiger charge is 2.19. The smallest absolute Gasteiger partial charge is 0.308 e. The normalized spacial score (nSPS) is 11.9. The van der Waals surface area contributed by atoms with Gasteiger partial charge in [0.1, 0.15) is 5.75 Å². The van der Waals surface area contributed by atoms with Gasteiger partial charge in [-0.25, -0.2) is 0 Å². The van der Waals surface area contributed by atoms with Crippen LogP contribution >= 0.6 is 22.6 Å². The summed E-state index contributed by atoms with van der Waals surface area (Å²) in [6.07, 6.45) is 0. The number of hydrogen-bond donors (Lipinski definition) is 2. The van der Waals surface area contributed by atoms with Crippen LogP contribution in [0.4, 0.5) is 0 Å². The van der Waals surface area contributed by atoms with Crippen molar-refractivity contribution in [3.8, 4) is 5.75 Å². The number of aromatic hydroxyl groups is 1. The fourth-order valence-corrected chi connectivity index (χ4v) is 1.77. The molecule has 1 aromatic rings. The summed E-state index contributed by atoms with van der Waals surface area (Å²) in [5.74, 6) is -1.84. The van der Waals surface area contributed by atoms with Gasteiger partial charge in [0, 0.05) is 19.2 Å². The first-order valence-corrected chi connectivity index (χ1v) is 6.37. The second kappa shape index (κ2) is 6.03. The zero-order valence-corrected chi connectivity index (χ0v) is 12.2. The van der Waals surface area contributed by atoms with E-state index in [-0.39, 0.29) is 18.2 Å². The average Bonchev–Trinajstić information content (AvgIpc) is 2.31. The van der Waals surface area contributed by atoms with Crippen LogP contribution in [0.15, 0.2) is 18.2 Å². The molecular formula is C12H14INO4. The molecule has 98 valence electrons. The fraction of sp³-hybridized carbons (Fsp3) is 0.333. The molecule has 1 rings (SSSR count). The molecule has 0 spiro atoms. The third-order valence-corrected chi connectivity index (χ3v) is 3.42. The van der Waals surface area contributed by atoms with E-state index in [1.165, 1.54) is 24.9 Å². The summed E-state index contributed by atoms with van der Waals surface area (Å²) in [7, 11) is 1.54. The van der Waals surface area contributed by atoms with Crippen molar-refractivity contribution in [1.29, 1.82) is 0 Å². The minimum atomic E-state index is -0.944. The van der Waals surface area contributed by atoms with Gasteiger partial charge in [-0.2, -0.15) is 0 Å². The number of nitrogens with zero attached hydrogens (tertiary/aromatic N) is 1. The number of carboxylic acids is 1. The van der Waals surface area contributed by atoms with Crippen LogP contribution < -0.4 is 0 Å². The third kappa shape index (κ3) is 3.59. The van der Waals surface area contributed by atoms with Gasteiger partial charge in [-0.3, -0.25) is 9.59 Å². The Kier molecular flexibility index (Phi) is 4.94. The van der Waals surface area contributed by atoms with E-state index in [9.17, 15) is 14.7 Å². The van der Waals surface area contributed by atoms with Gasteiger partial charge in [-0.1, -0.05) is 6.92 Å². The Hall–Kier alpha value is -1.31. The molecule has 1 amide bonds. The van der Waals surface area contributed by atoms with Crippen molar-refractivity contribution in [2.75, 3.05) is 13.6 Å². The van der Waals surface area contributed by atoms with Crippen LogP contribution in [0.2, 0.25) is 0 Å². The molecule has 0 aliphatic heterocycles. The molecule has 1 unspecified atom stereocenters. The highest BCUT2D eigenvalue weighted by atomic mass is 127. The number of carbonyl (C=O) groups excluding carboxylic acids is 1. The van der Waals surface area contributed by atoms with Gasteiger partial charge in [-0.15, -0.1) is 0 Å². The molecule has 0 aromatic heterocycles. The lowest BCUT2D eigenvalue weighted by Gasteiger charge is -2.19. The highest BCUT2D eigenvalue weighted by Crippen LogP contribution is 2.21. The molecule has 1 aromatic carbocycles. The number of aliphatic carboxylic acids is 1. The zero-order chi connectivity index (χ0) is 13.9. The third-order valence-electron chi connectivity index (χ3n) is 2.51. The van der Waals surface area contributed by atoms with Gasteiger partial charge in [0.2, 0.25) is 0 Å². The first kappa shape index (κ1) is 14.7. The number of halogens is 1. The number of hydrogen-bond acceptors (Lipinski definition) is 3. The zero-order valence-electron chi connectivity index (χ0n) is 10.1. The van der Waals surface area contributed by atoms with Gasteiger partial charge in [0.15, 0.2) is 0 Å². The fourth-order valence-electron chi connectivity index (χ4n) is 1.44. The summed E-state index contributed by atoms with van der Waals surface area (Å²) in [4.78, 5) is 24.0. The molecule has 5 nitrogen and oxygen atoms in total. The Balaban J connectivity index is 2.80. The number of phenolic OH excluding ortho intramolecular Hbond substituents is 1. The summed E-state index contributed by atoms with van der Waals surface area (Å²) in [5, 5.41) is 18.3. The van der Waals surface area contributed by atoms with Gasteiger partial charge in [0.25, 0.3) is 5.91 Å². The maximum atomic E-state index is 12.0. The number of rotatable bonds is 4. The van der Waals surface area contributed by atoms with Crippen molar-refractivity contribution in [1.82, 2.24) is 4.90 Å². The molecule has 0 heterocycles. The molecule has 0 saturated heterocycles. The average molecular weight is 363 g/mol. The van der Waals surface area contributed by atoms with Crippen LogP contribution in [0.1, 0.15) is 17.3 Å². The summed E-state index contributed by atoms with van der Waals surface area (Å²) in [6, 6.07) is 4.62. The van der Waals surface area contributed by atoms with Crippen LogP contribution in [-0.4, -0.2) is 40.6 Å². The maximum absolute atomic E-state index is 12.0. The van der Waals surface area contributed by atoms with Crippen LogP contribution in [0, 0.1) is 9.49 Å². The van der Waals surface area contributed by atoms with Crippen LogP contribution in [-0.2, 0) is 4.79 Å². The van der Waals surface area contributed by atoms with Crippen LogP contribution in [0.3, 0.4) is 0 Å². The Bertz CT molecular complexity index is 475. The Morgan fingerprint density at radius 2 is 2.06 bits per heavy atom. The summed E-state index contributed by atoms with van der Waals surface area (Å²) < 4.78 is 0.658. The van der Waals surface area contributed by atoms with Gasteiger partial charge in [-0.05, 0) is 40.8 Å². The quantitative estimate of drug-likeness (QED) is 0.800. The SMILES string of the molecule is CC(CN(C)C(=O)c1ccc(I)c(O)c1)C(=O)O. The van der Waals surface area contributed by atoms with Crippen molar-refractivity contribution in [3.63, 3.8) is 0 Å². The van der Waals surface area contributed by atoms with E-state index in [4.69, 9.17) is 5.11 Å². The predicted octanol–water partition coefficient (Wildman–Crippen LogP) is 1.79. The van der Waals surface area contributed by atoms with Gasteiger partial charge >= 0.3 is 5.97 Å². The van der Waals surface area contributed by atoms with Crippen molar-refractivity contribution < 1.29 is 19.8 Å². The van der Waals surface area contributed by atoms with Crippen molar-refractivity contribution in [3.05, 3.63) is 27.3 Å². The standard InChI is InChI=1S/C12H14INO4/c1-7(12(17)18)6-14(2)11(16)8-3-4-9(13)10(15)5-8/h3-5,7,15H,6H2,1-2H3,(H,17,18). The molecule has 0 saturated carbocycles. The maximum Gasteiger partial charge on any atom is 0.308 e. The second-order valence-electron chi connectivity index (χ2n) is 4.09. The lowest BCUT2D eigenvalue weighted by atomic mass is 10.1. The van der Waals surface area contributed by atoms with Crippen molar-refractivity contribution in [2.45, 2.75) is 6.92 Å². The molecule has 0 fully saturated rings. The number of carbonyl (C=O) groups is 2. The molecule has 0 bridgehead atoms. The lowest BCUT2D eigenvalue weighted by Crippen LogP contribution is -2.33. The van der Waals surface area contributed by atoms with E-state index < -0.39 is 11.9 Å². The highest BCUT2D eigenvalue weighted by molar-refractivity contribution is 14.1. The first-order valence-electron chi connectivity index (χ1n) is 5.29. The van der Waals surface area contributed by atoms with E-state index in [0.29, 0.717) is 9.13 Å². The van der Waals surface area contributed by atoms with E-state index in [1.54, 1.807) is 12.1 Å². The largest absolute Gasteiger partial charge is 0.507 e. The van der Waals surface area contributed by atoms with E-state index in [0.717, 1.165) is 0 Å². The number of phenols is 1. The molecule has 0 aliphatic carbocycles. The lowest BCUT2D eigenvalue weighted by molar-refractivity contribution is -0.141. The molecule has 0 aliphatic rings. The summed E-state index contributed by atoms with van der Waals surface area (Å²) in [5.41, 5.74) is 0.341. The molecule has 1 atom stereocenters. The summed E-state index contributed by atoms with van der Waals surface area (Å²) >= 11 is 1.96. The van der Waals surface area contributed by atoms with Crippen LogP contribution in [0.25, 0.3) is 0 Å². The monoisotopic (exact) mass is 363 g/mol. The Labute approximate surface area is 119 Å². The van der Waals surface area contributed by atoms with E-state index >= 15 is 0 Å². The number of carboxylic acid groups (broad SMARTS) is 1. The Morgan fingerprint density at radius 3 is 2.56 bits per heavy atom. The van der Waals surface area contributed by atoms with E-state index in [2.05, 4.69) is 0 Å². The van der Waals surface area contributed by atoms with E-state index in [1.807, 2.05) is 22.6 Å². The molecule has 0 radical (unpaired) electrons. The Morgan fingerprint density at radius 1 is 1.44 bits per heavy atom. The van der Waals surface area contributed by atoms with Crippen molar-refractivity contribution >= 4 is 34.5 Å². The second-order valence-corrected chi connectivity index (χ2v) is 5.25.